The van der Waals surface area contributed by atoms with Crippen LogP contribution >= 0.6 is 0 Å². The first-order valence-electron chi connectivity index (χ1n) is 4.85. The third-order valence-corrected chi connectivity index (χ3v) is 2.51. The predicted octanol–water partition coefficient (Wildman–Crippen LogP) is 3.15. The van der Waals surface area contributed by atoms with Gasteiger partial charge in [0.25, 0.3) is 0 Å². The third-order valence-electron chi connectivity index (χ3n) is 2.51. The average Bonchev–Trinajstić information content (AvgIpc) is 2.07. The summed E-state index contributed by atoms with van der Waals surface area (Å²) in [6, 6.07) is 0. The van der Waals surface area contributed by atoms with Crippen molar-refractivity contribution in [2.24, 2.45) is 11.1 Å². The van der Waals surface area contributed by atoms with E-state index in [4.69, 9.17) is 5.73 Å². The molecule has 1 nitrogen and oxygen atoms in total. The van der Waals surface area contributed by atoms with Crippen LogP contribution in [-0.2, 0) is 0 Å². The zero-order chi connectivity index (χ0) is 9.90. The van der Waals surface area contributed by atoms with Gasteiger partial charge in [0.2, 0.25) is 0 Å². The van der Waals surface area contributed by atoms with Crippen molar-refractivity contribution < 1.29 is 0 Å². The van der Waals surface area contributed by atoms with E-state index in [0.29, 0.717) is 0 Å². The van der Waals surface area contributed by atoms with E-state index >= 15 is 0 Å². The quantitative estimate of drug-likeness (QED) is 0.604. The minimum atomic E-state index is 0.271. The van der Waals surface area contributed by atoms with Crippen molar-refractivity contribution in [1.82, 2.24) is 0 Å². The summed E-state index contributed by atoms with van der Waals surface area (Å²) in [5.74, 6) is 0. The first kappa shape index (κ1) is 10.1. The molecular formula is C12H19N. The van der Waals surface area contributed by atoms with Gasteiger partial charge in [-0.05, 0) is 37.3 Å². The van der Waals surface area contributed by atoms with Crippen LogP contribution in [0.1, 0.15) is 33.6 Å². The van der Waals surface area contributed by atoms with Crippen LogP contribution < -0.4 is 5.73 Å². The standard InChI is InChI=1S/C12H19N/c1-4-10-5-7-12(2,3)8-6-11(13)9-10/h4,6,8-9H,5,7,13H2,1-3H3/b8-6+,10-4+,11-9+. The van der Waals surface area contributed by atoms with Gasteiger partial charge in [-0.15, -0.1) is 0 Å². The lowest BCUT2D eigenvalue weighted by atomic mass is 9.84. The van der Waals surface area contributed by atoms with E-state index in [0.717, 1.165) is 12.1 Å². The van der Waals surface area contributed by atoms with E-state index in [9.17, 15) is 0 Å². The zero-order valence-electron chi connectivity index (χ0n) is 8.80. The van der Waals surface area contributed by atoms with Gasteiger partial charge in [-0.25, -0.2) is 0 Å². The summed E-state index contributed by atoms with van der Waals surface area (Å²) in [6.07, 6.45) is 10.7. The Hall–Kier alpha value is -0.980. The maximum absolute atomic E-state index is 5.82. The highest BCUT2D eigenvalue weighted by Gasteiger charge is 2.15. The minimum Gasteiger partial charge on any atom is -0.399 e. The van der Waals surface area contributed by atoms with Crippen molar-refractivity contribution in [3.63, 3.8) is 0 Å². The normalized spacial score (nSPS) is 31.6. The van der Waals surface area contributed by atoms with E-state index in [1.54, 1.807) is 0 Å². The Balaban J connectivity index is 2.92. The molecule has 0 atom stereocenters. The first-order valence-corrected chi connectivity index (χ1v) is 4.85. The maximum Gasteiger partial charge on any atom is 0.0313 e. The summed E-state index contributed by atoms with van der Waals surface area (Å²) in [5.41, 5.74) is 8.30. The Bertz CT molecular complexity index is 267. The van der Waals surface area contributed by atoms with Gasteiger partial charge in [0.05, 0.1) is 0 Å². The van der Waals surface area contributed by atoms with E-state index in [1.165, 1.54) is 12.0 Å². The highest BCUT2D eigenvalue weighted by atomic mass is 14.6. The molecule has 0 aromatic carbocycles. The van der Waals surface area contributed by atoms with Crippen LogP contribution in [0.15, 0.2) is 35.6 Å². The fourth-order valence-electron chi connectivity index (χ4n) is 1.43. The fraction of sp³-hybridized carbons (Fsp3) is 0.500. The van der Waals surface area contributed by atoms with Gasteiger partial charge in [-0.1, -0.05) is 31.6 Å². The highest BCUT2D eigenvalue weighted by molar-refractivity contribution is 5.30. The smallest absolute Gasteiger partial charge is 0.0313 e. The van der Waals surface area contributed by atoms with E-state index in [-0.39, 0.29) is 5.41 Å². The summed E-state index contributed by atoms with van der Waals surface area (Å²) in [5, 5.41) is 0. The molecule has 1 aliphatic rings. The van der Waals surface area contributed by atoms with Crippen molar-refractivity contribution in [3.8, 4) is 0 Å². The number of allylic oxidation sites excluding steroid dienone is 5. The molecule has 0 unspecified atom stereocenters. The van der Waals surface area contributed by atoms with Gasteiger partial charge < -0.3 is 5.73 Å². The lowest BCUT2D eigenvalue weighted by Gasteiger charge is -2.22. The molecule has 13 heavy (non-hydrogen) atoms. The van der Waals surface area contributed by atoms with Gasteiger partial charge in [-0.2, -0.15) is 0 Å². The molecule has 0 radical (unpaired) electrons. The molecule has 0 fully saturated rings. The van der Waals surface area contributed by atoms with Crippen LogP contribution in [0.5, 0.6) is 0 Å². The monoisotopic (exact) mass is 177 g/mol. The Kier molecular flexibility index (Phi) is 2.97. The Morgan fingerprint density at radius 3 is 2.77 bits per heavy atom. The molecule has 0 saturated carbocycles. The second-order valence-corrected chi connectivity index (χ2v) is 4.33. The van der Waals surface area contributed by atoms with Crippen LogP contribution in [0.2, 0.25) is 0 Å². The number of hydrogen-bond donors (Lipinski definition) is 1. The van der Waals surface area contributed by atoms with Gasteiger partial charge in [-0.3, -0.25) is 0 Å². The van der Waals surface area contributed by atoms with Crippen LogP contribution in [0.3, 0.4) is 0 Å². The fourth-order valence-corrected chi connectivity index (χ4v) is 1.43. The predicted molar refractivity (Wildman–Crippen MR) is 58.2 cm³/mol. The van der Waals surface area contributed by atoms with Crippen molar-refractivity contribution in [1.29, 1.82) is 0 Å². The lowest BCUT2D eigenvalue weighted by molar-refractivity contribution is 0.437. The van der Waals surface area contributed by atoms with Crippen molar-refractivity contribution in [2.75, 3.05) is 0 Å². The van der Waals surface area contributed by atoms with Crippen molar-refractivity contribution in [3.05, 3.63) is 35.6 Å². The van der Waals surface area contributed by atoms with Gasteiger partial charge in [0, 0.05) is 5.70 Å². The summed E-state index contributed by atoms with van der Waals surface area (Å²) in [6.45, 7) is 6.56. The number of nitrogens with two attached hydrogens (primary N) is 1. The molecular weight excluding hydrogens is 158 g/mol. The Labute approximate surface area is 81.0 Å². The topological polar surface area (TPSA) is 26.0 Å². The lowest BCUT2D eigenvalue weighted by Crippen LogP contribution is -2.10. The molecule has 0 aliphatic heterocycles. The molecule has 0 saturated heterocycles. The number of hydrogen-bond acceptors (Lipinski definition) is 1. The van der Waals surface area contributed by atoms with Gasteiger partial charge >= 0.3 is 0 Å². The molecule has 0 amide bonds. The average molecular weight is 177 g/mol. The van der Waals surface area contributed by atoms with Crippen LogP contribution in [0.4, 0.5) is 0 Å². The molecule has 72 valence electrons. The second kappa shape index (κ2) is 3.82. The van der Waals surface area contributed by atoms with Gasteiger partial charge in [0.15, 0.2) is 0 Å². The molecule has 1 aliphatic carbocycles. The maximum atomic E-state index is 5.82. The number of rotatable bonds is 0. The van der Waals surface area contributed by atoms with Crippen molar-refractivity contribution in [2.45, 2.75) is 33.6 Å². The molecule has 1 heteroatoms. The Morgan fingerprint density at radius 2 is 2.15 bits per heavy atom. The molecule has 1 rings (SSSR count). The van der Waals surface area contributed by atoms with Crippen LogP contribution in [-0.4, -0.2) is 0 Å². The molecule has 2 N–H and O–H groups in total. The second-order valence-electron chi connectivity index (χ2n) is 4.33. The first-order chi connectivity index (χ1) is 6.03. The summed E-state index contributed by atoms with van der Waals surface area (Å²) in [7, 11) is 0. The van der Waals surface area contributed by atoms with Crippen molar-refractivity contribution >= 4 is 0 Å². The molecule has 0 aromatic rings. The van der Waals surface area contributed by atoms with E-state index in [2.05, 4.69) is 39.0 Å². The largest absolute Gasteiger partial charge is 0.399 e. The third kappa shape index (κ3) is 3.10. The summed E-state index contributed by atoms with van der Waals surface area (Å²) < 4.78 is 0. The highest BCUT2D eigenvalue weighted by Crippen LogP contribution is 2.28. The molecule has 0 spiro atoms. The van der Waals surface area contributed by atoms with E-state index in [1.807, 2.05) is 6.08 Å². The summed E-state index contributed by atoms with van der Waals surface area (Å²) >= 11 is 0. The summed E-state index contributed by atoms with van der Waals surface area (Å²) in [4.78, 5) is 0. The van der Waals surface area contributed by atoms with E-state index < -0.39 is 0 Å². The molecule has 0 heterocycles. The van der Waals surface area contributed by atoms with Crippen LogP contribution in [0.25, 0.3) is 0 Å². The SMILES string of the molecule is C/C=C1/C=C(N)\C=C\C(C)(C)CC1. The minimum absolute atomic E-state index is 0.271. The van der Waals surface area contributed by atoms with Crippen LogP contribution in [0, 0.1) is 5.41 Å². The molecule has 0 aromatic heterocycles. The molecule has 0 bridgehead atoms. The zero-order valence-corrected chi connectivity index (χ0v) is 8.80. The Morgan fingerprint density at radius 1 is 1.46 bits per heavy atom. The van der Waals surface area contributed by atoms with Gasteiger partial charge in [0.1, 0.15) is 0 Å².